The van der Waals surface area contributed by atoms with Crippen LogP contribution in [0.4, 0.5) is 10.1 Å². The predicted octanol–water partition coefficient (Wildman–Crippen LogP) is 0.0207. The number of aliphatic hydroxyl groups is 1. The van der Waals surface area contributed by atoms with Crippen molar-refractivity contribution in [2.75, 3.05) is 25.4 Å². The summed E-state index contributed by atoms with van der Waals surface area (Å²) in [5.41, 5.74) is 5.56. The molecular weight excluding hydrogens is 247 g/mol. The standard InChI is InChI=1S/C10H13FN2O3S/c11-8-1-2-9(12)10(3-8)17(15,16)13-4-7(5-13)6-14/h1-3,7,14H,4-6,12H2. The number of halogens is 1. The summed E-state index contributed by atoms with van der Waals surface area (Å²) in [6.45, 7) is 0.439. The van der Waals surface area contributed by atoms with Crippen molar-refractivity contribution in [1.82, 2.24) is 4.31 Å². The molecule has 0 amide bonds. The van der Waals surface area contributed by atoms with Gasteiger partial charge in [0.2, 0.25) is 10.0 Å². The van der Waals surface area contributed by atoms with Crippen LogP contribution < -0.4 is 5.73 Å². The van der Waals surface area contributed by atoms with Crippen LogP contribution >= 0.6 is 0 Å². The molecule has 0 aromatic heterocycles. The summed E-state index contributed by atoms with van der Waals surface area (Å²) in [7, 11) is -3.74. The fourth-order valence-corrected chi connectivity index (χ4v) is 3.42. The molecule has 94 valence electrons. The highest BCUT2D eigenvalue weighted by molar-refractivity contribution is 7.89. The average molecular weight is 260 g/mol. The fraction of sp³-hybridized carbons (Fsp3) is 0.400. The number of nitrogens with two attached hydrogens (primary N) is 1. The molecule has 1 aliphatic rings. The van der Waals surface area contributed by atoms with Crippen LogP contribution in [-0.2, 0) is 10.0 Å². The number of rotatable bonds is 3. The van der Waals surface area contributed by atoms with E-state index in [1.54, 1.807) is 0 Å². The number of nitrogens with zero attached hydrogens (tertiary/aromatic N) is 1. The number of hydrogen-bond donors (Lipinski definition) is 2. The molecule has 0 aliphatic carbocycles. The first-order valence-corrected chi connectivity index (χ1v) is 6.55. The summed E-state index contributed by atoms with van der Waals surface area (Å²) in [4.78, 5) is -0.214. The lowest BCUT2D eigenvalue weighted by atomic mass is 10.1. The van der Waals surface area contributed by atoms with Gasteiger partial charge in [0.1, 0.15) is 10.7 Å². The second-order valence-electron chi connectivity index (χ2n) is 4.05. The third-order valence-electron chi connectivity index (χ3n) is 2.78. The SMILES string of the molecule is Nc1ccc(F)cc1S(=O)(=O)N1CC(CO)C1. The maximum atomic E-state index is 13.0. The molecule has 1 saturated heterocycles. The van der Waals surface area contributed by atoms with Gasteiger partial charge in [-0.2, -0.15) is 4.31 Å². The summed E-state index contributed by atoms with van der Waals surface area (Å²) in [5, 5.41) is 8.83. The smallest absolute Gasteiger partial charge is 0.245 e. The van der Waals surface area contributed by atoms with Gasteiger partial charge in [-0.15, -0.1) is 0 Å². The van der Waals surface area contributed by atoms with Crippen LogP contribution in [0.25, 0.3) is 0 Å². The Morgan fingerprint density at radius 1 is 1.47 bits per heavy atom. The molecule has 0 unspecified atom stereocenters. The number of aliphatic hydroxyl groups excluding tert-OH is 1. The van der Waals surface area contributed by atoms with E-state index in [-0.39, 0.29) is 36.2 Å². The molecule has 5 nitrogen and oxygen atoms in total. The lowest BCUT2D eigenvalue weighted by Crippen LogP contribution is -2.51. The van der Waals surface area contributed by atoms with E-state index in [0.29, 0.717) is 0 Å². The van der Waals surface area contributed by atoms with E-state index >= 15 is 0 Å². The number of hydrogen-bond acceptors (Lipinski definition) is 4. The zero-order chi connectivity index (χ0) is 12.6. The monoisotopic (exact) mass is 260 g/mol. The van der Waals surface area contributed by atoms with Crippen LogP contribution in [-0.4, -0.2) is 37.5 Å². The molecule has 1 aromatic rings. The van der Waals surface area contributed by atoms with E-state index in [4.69, 9.17) is 10.8 Å². The van der Waals surface area contributed by atoms with E-state index in [1.165, 1.54) is 10.4 Å². The van der Waals surface area contributed by atoms with Crippen LogP contribution in [0.2, 0.25) is 0 Å². The van der Waals surface area contributed by atoms with Gasteiger partial charge in [-0.3, -0.25) is 0 Å². The Balaban J connectivity index is 2.30. The zero-order valence-electron chi connectivity index (χ0n) is 9.01. The third kappa shape index (κ3) is 2.13. The lowest BCUT2D eigenvalue weighted by Gasteiger charge is -2.37. The molecular formula is C10H13FN2O3S. The molecule has 1 aromatic carbocycles. The maximum absolute atomic E-state index is 13.0. The van der Waals surface area contributed by atoms with Crippen molar-refractivity contribution in [1.29, 1.82) is 0 Å². The molecule has 0 bridgehead atoms. The highest BCUT2D eigenvalue weighted by atomic mass is 32.2. The highest BCUT2D eigenvalue weighted by Gasteiger charge is 2.37. The molecule has 2 rings (SSSR count). The van der Waals surface area contributed by atoms with E-state index < -0.39 is 15.8 Å². The van der Waals surface area contributed by atoms with Crippen molar-refractivity contribution in [2.45, 2.75) is 4.90 Å². The van der Waals surface area contributed by atoms with Gasteiger partial charge < -0.3 is 10.8 Å². The van der Waals surface area contributed by atoms with Crippen molar-refractivity contribution < 1.29 is 17.9 Å². The van der Waals surface area contributed by atoms with Gasteiger partial charge in [0.15, 0.2) is 0 Å². The lowest BCUT2D eigenvalue weighted by molar-refractivity contribution is 0.117. The Bertz CT molecular complexity index is 526. The zero-order valence-corrected chi connectivity index (χ0v) is 9.82. The highest BCUT2D eigenvalue weighted by Crippen LogP contribution is 2.28. The average Bonchev–Trinajstić information content (AvgIpc) is 2.19. The van der Waals surface area contributed by atoms with Gasteiger partial charge in [-0.1, -0.05) is 0 Å². The molecule has 7 heteroatoms. The summed E-state index contributed by atoms with van der Waals surface area (Å²) < 4.78 is 38.3. The van der Waals surface area contributed by atoms with Crippen LogP contribution in [0.5, 0.6) is 0 Å². The molecule has 1 fully saturated rings. The normalized spacial score (nSPS) is 18.0. The number of benzene rings is 1. The van der Waals surface area contributed by atoms with Gasteiger partial charge in [-0.05, 0) is 18.2 Å². The molecule has 1 aliphatic heterocycles. The number of sulfonamides is 1. The van der Waals surface area contributed by atoms with Crippen LogP contribution in [0.3, 0.4) is 0 Å². The third-order valence-corrected chi connectivity index (χ3v) is 4.66. The Morgan fingerprint density at radius 2 is 2.12 bits per heavy atom. The van der Waals surface area contributed by atoms with Gasteiger partial charge >= 0.3 is 0 Å². The van der Waals surface area contributed by atoms with E-state index in [0.717, 1.165) is 12.1 Å². The summed E-state index contributed by atoms with van der Waals surface area (Å²) in [6, 6.07) is 3.25. The van der Waals surface area contributed by atoms with Crippen molar-refractivity contribution in [3.8, 4) is 0 Å². The van der Waals surface area contributed by atoms with Crippen molar-refractivity contribution in [2.24, 2.45) is 5.92 Å². The molecule has 1 heterocycles. The summed E-state index contributed by atoms with van der Waals surface area (Å²) >= 11 is 0. The Hall–Kier alpha value is -1.18. The summed E-state index contributed by atoms with van der Waals surface area (Å²) in [5.74, 6) is -0.684. The minimum Gasteiger partial charge on any atom is -0.398 e. The second-order valence-corrected chi connectivity index (χ2v) is 5.96. The number of nitrogen functional groups attached to an aromatic ring is 1. The van der Waals surface area contributed by atoms with E-state index in [1.807, 2.05) is 0 Å². The molecule has 3 N–H and O–H groups in total. The van der Waals surface area contributed by atoms with Crippen molar-refractivity contribution in [3.05, 3.63) is 24.0 Å². The minimum atomic E-state index is -3.74. The van der Waals surface area contributed by atoms with E-state index in [2.05, 4.69) is 0 Å². The molecule has 0 atom stereocenters. The molecule has 0 spiro atoms. The molecule has 0 saturated carbocycles. The first-order chi connectivity index (χ1) is 7.95. The quantitative estimate of drug-likeness (QED) is 0.750. The number of anilines is 1. The first-order valence-electron chi connectivity index (χ1n) is 5.11. The maximum Gasteiger partial charge on any atom is 0.245 e. The predicted molar refractivity (Wildman–Crippen MR) is 60.1 cm³/mol. The van der Waals surface area contributed by atoms with Gasteiger partial charge in [0.25, 0.3) is 0 Å². The Morgan fingerprint density at radius 3 is 2.71 bits per heavy atom. The Labute approximate surface area is 98.7 Å². The molecule has 17 heavy (non-hydrogen) atoms. The molecule has 0 radical (unpaired) electrons. The van der Waals surface area contributed by atoms with Crippen molar-refractivity contribution >= 4 is 15.7 Å². The Kier molecular flexibility index (Phi) is 3.07. The second kappa shape index (κ2) is 4.25. The van der Waals surface area contributed by atoms with Crippen LogP contribution in [0, 0.1) is 11.7 Å². The van der Waals surface area contributed by atoms with Crippen LogP contribution in [0.15, 0.2) is 23.1 Å². The summed E-state index contributed by atoms with van der Waals surface area (Å²) in [6.07, 6.45) is 0. The fourth-order valence-electron chi connectivity index (χ4n) is 1.70. The van der Waals surface area contributed by atoms with Crippen LogP contribution in [0.1, 0.15) is 0 Å². The largest absolute Gasteiger partial charge is 0.398 e. The van der Waals surface area contributed by atoms with E-state index in [9.17, 15) is 12.8 Å². The minimum absolute atomic E-state index is 0.0267. The van der Waals surface area contributed by atoms with Gasteiger partial charge in [0.05, 0.1) is 5.69 Å². The topological polar surface area (TPSA) is 83.6 Å². The van der Waals surface area contributed by atoms with Gasteiger partial charge in [-0.25, -0.2) is 12.8 Å². The van der Waals surface area contributed by atoms with Gasteiger partial charge in [0, 0.05) is 25.6 Å². The first kappa shape index (κ1) is 12.3. The van der Waals surface area contributed by atoms with Crippen molar-refractivity contribution in [3.63, 3.8) is 0 Å².